The van der Waals surface area contributed by atoms with Gasteiger partial charge in [0.05, 0.1) is 23.1 Å². The summed E-state index contributed by atoms with van der Waals surface area (Å²) in [5.41, 5.74) is 1.28. The Kier molecular flexibility index (Phi) is 6.87. The molecule has 1 aliphatic heterocycles. The zero-order valence-corrected chi connectivity index (χ0v) is 17.5. The first-order valence-electron chi connectivity index (χ1n) is 9.64. The van der Waals surface area contributed by atoms with Crippen LogP contribution >= 0.6 is 0 Å². The van der Waals surface area contributed by atoms with Crippen LogP contribution in [0.25, 0.3) is 0 Å². The number of aliphatic hydroxyl groups excluding tert-OH is 1. The molecule has 0 unspecified atom stereocenters. The molecule has 1 heterocycles. The van der Waals surface area contributed by atoms with Crippen LogP contribution < -0.4 is 0 Å². The van der Waals surface area contributed by atoms with Crippen molar-refractivity contribution in [3.63, 3.8) is 0 Å². The fourth-order valence-corrected chi connectivity index (χ4v) is 5.23. The lowest BCUT2D eigenvalue weighted by Gasteiger charge is -2.40. The summed E-state index contributed by atoms with van der Waals surface area (Å²) in [5, 5.41) is 10.1. The molecule has 0 bridgehead atoms. The number of benzene rings is 2. The largest absolute Gasteiger partial charge is 0.453 e. The first-order chi connectivity index (χ1) is 14.4. The van der Waals surface area contributed by atoms with Crippen LogP contribution in [-0.4, -0.2) is 48.6 Å². The molecule has 2 aromatic carbocycles. The van der Waals surface area contributed by atoms with Crippen LogP contribution in [0.4, 0.5) is 0 Å². The van der Waals surface area contributed by atoms with Gasteiger partial charge < -0.3 is 9.84 Å². The van der Waals surface area contributed by atoms with Crippen molar-refractivity contribution < 1.29 is 23.1 Å². The van der Waals surface area contributed by atoms with Crippen molar-refractivity contribution >= 4 is 16.0 Å². The molecule has 30 heavy (non-hydrogen) atoms. The van der Waals surface area contributed by atoms with Crippen LogP contribution in [0.3, 0.4) is 0 Å². The quantitative estimate of drug-likeness (QED) is 0.542. The van der Waals surface area contributed by atoms with Gasteiger partial charge in [-0.3, -0.25) is 0 Å². The summed E-state index contributed by atoms with van der Waals surface area (Å²) in [5.74, 6) is -0.585. The Labute approximate surface area is 177 Å². The summed E-state index contributed by atoms with van der Waals surface area (Å²) in [6.45, 7) is 5.08. The van der Waals surface area contributed by atoms with E-state index in [4.69, 9.17) is 4.74 Å². The van der Waals surface area contributed by atoms with Gasteiger partial charge in [0.25, 0.3) is 0 Å². The lowest BCUT2D eigenvalue weighted by atomic mass is 10.0. The van der Waals surface area contributed by atoms with Gasteiger partial charge in [-0.2, -0.15) is 4.31 Å². The Hall–Kier alpha value is -2.74. The summed E-state index contributed by atoms with van der Waals surface area (Å²) in [6, 6.07) is 13.4. The Bertz CT molecular complexity index is 1020. The minimum Gasteiger partial charge on any atom is -0.453 e. The fourth-order valence-electron chi connectivity index (χ4n) is 3.45. The normalized spacial score (nSPS) is 21.9. The number of sulfonamides is 1. The van der Waals surface area contributed by atoms with E-state index in [1.807, 2.05) is 6.92 Å². The highest BCUT2D eigenvalue weighted by Gasteiger charge is 2.43. The predicted molar refractivity (Wildman–Crippen MR) is 114 cm³/mol. The Morgan fingerprint density at radius 2 is 1.80 bits per heavy atom. The van der Waals surface area contributed by atoms with Crippen LogP contribution in [0.1, 0.15) is 22.3 Å². The molecule has 0 fully saturated rings. The highest BCUT2D eigenvalue weighted by atomic mass is 32.2. The van der Waals surface area contributed by atoms with Gasteiger partial charge in [-0.25, -0.2) is 13.2 Å². The van der Waals surface area contributed by atoms with Crippen LogP contribution in [0.2, 0.25) is 0 Å². The topological polar surface area (TPSA) is 83.9 Å². The van der Waals surface area contributed by atoms with E-state index in [9.17, 15) is 18.3 Å². The van der Waals surface area contributed by atoms with Crippen LogP contribution in [0.5, 0.6) is 0 Å². The second-order valence-electron chi connectivity index (χ2n) is 7.11. The number of rotatable bonds is 7. The maximum atomic E-state index is 13.5. The van der Waals surface area contributed by atoms with E-state index < -0.39 is 40.8 Å². The number of aliphatic hydroxyl groups is 1. The predicted octanol–water partition coefficient (Wildman–Crippen LogP) is 3.09. The average molecular weight is 428 g/mol. The van der Waals surface area contributed by atoms with Gasteiger partial charge in [-0.1, -0.05) is 48.0 Å². The van der Waals surface area contributed by atoms with Crippen LogP contribution in [0, 0.1) is 6.92 Å². The molecule has 158 valence electrons. The Balaban J connectivity index is 1.96. The molecule has 6 nitrogen and oxygen atoms in total. The van der Waals surface area contributed by atoms with Crippen molar-refractivity contribution in [1.29, 1.82) is 0 Å². The summed E-state index contributed by atoms with van der Waals surface area (Å²) in [7, 11) is -3.96. The minimum absolute atomic E-state index is 0.115. The summed E-state index contributed by atoms with van der Waals surface area (Å²) < 4.78 is 33.7. The van der Waals surface area contributed by atoms with Crippen molar-refractivity contribution in [3.05, 3.63) is 90.5 Å². The Morgan fingerprint density at radius 1 is 1.13 bits per heavy atom. The van der Waals surface area contributed by atoms with Gasteiger partial charge in [0.2, 0.25) is 10.0 Å². The van der Waals surface area contributed by atoms with Gasteiger partial charge in [0.1, 0.15) is 6.10 Å². The molecule has 3 atom stereocenters. The second-order valence-corrected chi connectivity index (χ2v) is 8.95. The van der Waals surface area contributed by atoms with E-state index in [0.717, 1.165) is 5.56 Å². The zero-order chi connectivity index (χ0) is 21.7. The van der Waals surface area contributed by atoms with E-state index in [1.54, 1.807) is 60.7 Å². The molecule has 7 heteroatoms. The van der Waals surface area contributed by atoms with E-state index in [-0.39, 0.29) is 4.90 Å². The molecular weight excluding hydrogens is 402 g/mol. The molecule has 1 N–H and O–H groups in total. The first-order valence-corrected chi connectivity index (χ1v) is 11.1. The molecule has 0 amide bonds. The monoisotopic (exact) mass is 427 g/mol. The lowest BCUT2D eigenvalue weighted by Crippen LogP contribution is -2.56. The van der Waals surface area contributed by atoms with Crippen molar-refractivity contribution in [1.82, 2.24) is 4.31 Å². The van der Waals surface area contributed by atoms with Crippen molar-refractivity contribution in [3.8, 4) is 0 Å². The average Bonchev–Trinajstić information content (AvgIpc) is 2.75. The SMILES string of the molecule is C=CC[C@@H]1C=C[C@@H](OC(=O)c2ccccc2)[C@H](CO)N1S(=O)(=O)c1ccc(C)cc1. The summed E-state index contributed by atoms with van der Waals surface area (Å²) >= 11 is 0. The van der Waals surface area contributed by atoms with Crippen molar-refractivity contribution in [2.45, 2.75) is 36.4 Å². The molecule has 0 spiro atoms. The van der Waals surface area contributed by atoms with E-state index in [0.29, 0.717) is 12.0 Å². The number of carbonyl (C=O) groups is 1. The highest BCUT2D eigenvalue weighted by Crippen LogP contribution is 2.30. The van der Waals surface area contributed by atoms with Gasteiger partial charge >= 0.3 is 5.97 Å². The zero-order valence-electron chi connectivity index (χ0n) is 16.7. The van der Waals surface area contributed by atoms with E-state index in [2.05, 4.69) is 6.58 Å². The van der Waals surface area contributed by atoms with E-state index in [1.165, 1.54) is 16.4 Å². The standard InChI is InChI=1S/C23H25NO5S/c1-3-7-19-12-15-22(29-23(26)18-8-5-4-6-9-18)21(16-25)24(19)30(27,28)20-13-10-17(2)11-14-20/h3-6,8-15,19,21-22,25H,1,7,16H2,2H3/t19-,21+,22-/m1/s1. The molecule has 1 aliphatic rings. The third-order valence-corrected chi connectivity index (χ3v) is 6.96. The molecule has 0 saturated carbocycles. The number of hydrogen-bond acceptors (Lipinski definition) is 5. The third kappa shape index (κ3) is 4.53. The molecular formula is C23H25NO5S. The van der Waals surface area contributed by atoms with Gasteiger partial charge in [0, 0.05) is 6.04 Å². The first kappa shape index (κ1) is 22.0. The minimum atomic E-state index is -3.96. The number of nitrogens with zero attached hydrogens (tertiary/aromatic N) is 1. The molecule has 0 saturated heterocycles. The van der Waals surface area contributed by atoms with Crippen LogP contribution in [0.15, 0.2) is 84.3 Å². The smallest absolute Gasteiger partial charge is 0.338 e. The van der Waals surface area contributed by atoms with Crippen molar-refractivity contribution in [2.24, 2.45) is 0 Å². The van der Waals surface area contributed by atoms with Gasteiger partial charge in [-0.05, 0) is 43.7 Å². The number of hydrogen-bond donors (Lipinski definition) is 1. The lowest BCUT2D eigenvalue weighted by molar-refractivity contribution is 0.00860. The summed E-state index contributed by atoms with van der Waals surface area (Å²) in [4.78, 5) is 12.6. The number of carbonyl (C=O) groups excluding carboxylic acids is 1. The molecule has 0 aromatic heterocycles. The number of aryl methyl sites for hydroxylation is 1. The third-order valence-electron chi connectivity index (χ3n) is 5.00. The van der Waals surface area contributed by atoms with Gasteiger partial charge in [0.15, 0.2) is 0 Å². The summed E-state index contributed by atoms with van der Waals surface area (Å²) in [6.07, 6.45) is 4.37. The van der Waals surface area contributed by atoms with E-state index >= 15 is 0 Å². The number of ether oxygens (including phenoxy) is 1. The Morgan fingerprint density at radius 3 is 2.40 bits per heavy atom. The highest BCUT2D eigenvalue weighted by molar-refractivity contribution is 7.89. The van der Waals surface area contributed by atoms with Gasteiger partial charge in [-0.15, -0.1) is 6.58 Å². The van der Waals surface area contributed by atoms with Crippen LogP contribution in [-0.2, 0) is 14.8 Å². The maximum Gasteiger partial charge on any atom is 0.338 e. The molecule has 0 radical (unpaired) electrons. The molecule has 0 aliphatic carbocycles. The maximum absolute atomic E-state index is 13.5. The van der Waals surface area contributed by atoms with Crippen molar-refractivity contribution in [2.75, 3.05) is 6.61 Å². The number of esters is 1. The fraction of sp³-hybridized carbons (Fsp3) is 0.261. The molecule has 3 rings (SSSR count). The molecule has 2 aromatic rings. The second kappa shape index (κ2) is 9.38.